The third kappa shape index (κ3) is 5.63. The Morgan fingerprint density at radius 1 is 1.28 bits per heavy atom. The lowest BCUT2D eigenvalue weighted by Crippen LogP contribution is -2.40. The van der Waals surface area contributed by atoms with Gasteiger partial charge in [0.2, 0.25) is 16.0 Å². The van der Waals surface area contributed by atoms with E-state index in [-0.39, 0.29) is 24.1 Å². The number of benzene rings is 1. The van der Waals surface area contributed by atoms with Crippen LogP contribution in [0, 0.1) is 0 Å². The SMILES string of the molecule is CCCc1cc(=O)n2nc(N(C)CC(=O)NC(C)CCc3ccccc3)sc2n1. The van der Waals surface area contributed by atoms with Gasteiger partial charge in [-0.3, -0.25) is 9.59 Å². The van der Waals surface area contributed by atoms with Crippen molar-refractivity contribution < 1.29 is 4.79 Å². The smallest absolute Gasteiger partial charge is 0.275 e. The van der Waals surface area contributed by atoms with Crippen molar-refractivity contribution in [3.05, 3.63) is 58.0 Å². The number of aryl methyl sites for hydroxylation is 2. The van der Waals surface area contributed by atoms with Crippen LogP contribution in [0.3, 0.4) is 0 Å². The number of carbonyl (C=O) groups is 1. The van der Waals surface area contributed by atoms with Crippen LogP contribution in [-0.4, -0.2) is 40.1 Å². The van der Waals surface area contributed by atoms with Gasteiger partial charge in [-0.25, -0.2) is 4.98 Å². The molecule has 0 bridgehead atoms. The van der Waals surface area contributed by atoms with Crippen LogP contribution in [0.25, 0.3) is 4.96 Å². The van der Waals surface area contributed by atoms with Gasteiger partial charge < -0.3 is 10.2 Å². The fraction of sp³-hybridized carbons (Fsp3) is 0.429. The van der Waals surface area contributed by atoms with Crippen molar-refractivity contribution in [1.29, 1.82) is 0 Å². The molecule has 0 aliphatic heterocycles. The summed E-state index contributed by atoms with van der Waals surface area (Å²) < 4.78 is 1.30. The summed E-state index contributed by atoms with van der Waals surface area (Å²) in [4.78, 5) is 31.4. The van der Waals surface area contributed by atoms with Crippen molar-refractivity contribution in [3.63, 3.8) is 0 Å². The third-order valence-electron chi connectivity index (χ3n) is 4.62. The fourth-order valence-corrected chi connectivity index (χ4v) is 3.97. The molecule has 0 fully saturated rings. The molecular weight excluding hydrogens is 386 g/mol. The van der Waals surface area contributed by atoms with Crippen molar-refractivity contribution in [2.45, 2.75) is 45.6 Å². The number of rotatable bonds is 9. The summed E-state index contributed by atoms with van der Waals surface area (Å²) in [6.07, 6.45) is 3.49. The minimum atomic E-state index is -0.187. The van der Waals surface area contributed by atoms with E-state index in [9.17, 15) is 9.59 Å². The molecule has 0 spiro atoms. The average molecular weight is 414 g/mol. The van der Waals surface area contributed by atoms with Crippen molar-refractivity contribution in [2.75, 3.05) is 18.5 Å². The third-order valence-corrected chi connectivity index (χ3v) is 5.64. The lowest BCUT2D eigenvalue weighted by atomic mass is 10.1. The molecule has 1 atom stereocenters. The van der Waals surface area contributed by atoms with E-state index < -0.39 is 0 Å². The monoisotopic (exact) mass is 413 g/mol. The highest BCUT2D eigenvalue weighted by Gasteiger charge is 2.16. The summed E-state index contributed by atoms with van der Waals surface area (Å²) in [5.41, 5.74) is 1.86. The maximum absolute atomic E-state index is 12.4. The number of hydrogen-bond acceptors (Lipinski definition) is 6. The van der Waals surface area contributed by atoms with Gasteiger partial charge >= 0.3 is 0 Å². The van der Waals surface area contributed by atoms with Crippen LogP contribution in [0.1, 0.15) is 37.9 Å². The van der Waals surface area contributed by atoms with Gasteiger partial charge in [-0.05, 0) is 31.7 Å². The van der Waals surface area contributed by atoms with Crippen LogP contribution in [0.2, 0.25) is 0 Å². The van der Waals surface area contributed by atoms with E-state index in [1.165, 1.54) is 27.5 Å². The maximum Gasteiger partial charge on any atom is 0.275 e. The lowest BCUT2D eigenvalue weighted by Gasteiger charge is -2.18. The van der Waals surface area contributed by atoms with Gasteiger partial charge in [0.05, 0.1) is 6.54 Å². The van der Waals surface area contributed by atoms with Gasteiger partial charge in [0.1, 0.15) is 0 Å². The van der Waals surface area contributed by atoms with Gasteiger partial charge in [0.15, 0.2) is 0 Å². The number of fused-ring (bicyclic) bond motifs is 1. The molecule has 1 N–H and O–H groups in total. The molecule has 1 unspecified atom stereocenters. The fourth-order valence-electron chi connectivity index (χ4n) is 3.09. The topological polar surface area (TPSA) is 79.6 Å². The highest BCUT2D eigenvalue weighted by molar-refractivity contribution is 7.20. The Bertz CT molecular complexity index is 1010. The van der Waals surface area contributed by atoms with Gasteiger partial charge in [0, 0.05) is 24.8 Å². The highest BCUT2D eigenvalue weighted by Crippen LogP contribution is 2.20. The summed E-state index contributed by atoms with van der Waals surface area (Å²) in [5, 5.41) is 7.95. The molecule has 0 saturated carbocycles. The van der Waals surface area contributed by atoms with Crippen LogP contribution in [0.5, 0.6) is 0 Å². The molecular formula is C21H27N5O2S. The molecule has 0 aliphatic rings. The summed E-state index contributed by atoms with van der Waals surface area (Å²) >= 11 is 1.31. The quantitative estimate of drug-likeness (QED) is 0.583. The van der Waals surface area contributed by atoms with Crippen molar-refractivity contribution in [3.8, 4) is 0 Å². The lowest BCUT2D eigenvalue weighted by molar-refractivity contribution is -0.120. The Kier molecular flexibility index (Phi) is 6.98. The van der Waals surface area contributed by atoms with Crippen LogP contribution >= 0.6 is 11.3 Å². The number of aromatic nitrogens is 3. The van der Waals surface area contributed by atoms with Crippen LogP contribution in [-0.2, 0) is 17.6 Å². The standard InChI is InChI=1S/C21H27N5O2S/c1-4-8-17-13-19(28)26-20(23-17)29-21(24-26)25(3)14-18(27)22-15(2)11-12-16-9-6-5-7-10-16/h5-7,9-10,13,15H,4,8,11-12,14H2,1-3H3,(H,22,27). The van der Waals surface area contributed by atoms with Crippen LogP contribution in [0.4, 0.5) is 5.13 Å². The number of hydrogen-bond donors (Lipinski definition) is 1. The number of amides is 1. The van der Waals surface area contributed by atoms with Gasteiger partial charge in [0.25, 0.3) is 5.56 Å². The van der Waals surface area contributed by atoms with Gasteiger partial charge in [-0.1, -0.05) is 55.0 Å². The zero-order valence-electron chi connectivity index (χ0n) is 17.1. The molecule has 154 valence electrons. The molecule has 8 heteroatoms. The van der Waals surface area contributed by atoms with Crippen molar-refractivity contribution in [1.82, 2.24) is 19.9 Å². The Hall–Kier alpha value is -2.74. The first-order valence-electron chi connectivity index (χ1n) is 9.90. The predicted molar refractivity (Wildman–Crippen MR) is 117 cm³/mol. The predicted octanol–water partition coefficient (Wildman–Crippen LogP) is 2.68. The van der Waals surface area contributed by atoms with E-state index >= 15 is 0 Å². The number of nitrogens with one attached hydrogen (secondary N) is 1. The Labute approximate surface area is 174 Å². The second kappa shape index (κ2) is 9.65. The molecule has 2 heterocycles. The van der Waals surface area contributed by atoms with E-state index in [2.05, 4.69) is 34.5 Å². The van der Waals surface area contributed by atoms with E-state index in [4.69, 9.17) is 0 Å². The van der Waals surface area contributed by atoms with Gasteiger partial charge in [-0.15, -0.1) is 5.10 Å². The van der Waals surface area contributed by atoms with Crippen molar-refractivity contribution >= 4 is 27.3 Å². The van der Waals surface area contributed by atoms with Crippen LogP contribution in [0.15, 0.2) is 41.2 Å². The Morgan fingerprint density at radius 2 is 2.03 bits per heavy atom. The summed E-state index contributed by atoms with van der Waals surface area (Å²) in [6, 6.07) is 11.8. The van der Waals surface area contributed by atoms with E-state index in [0.717, 1.165) is 31.4 Å². The van der Waals surface area contributed by atoms with Crippen LogP contribution < -0.4 is 15.8 Å². The Morgan fingerprint density at radius 3 is 2.76 bits per heavy atom. The molecule has 1 aromatic carbocycles. The largest absolute Gasteiger partial charge is 0.352 e. The molecule has 1 amide bonds. The maximum atomic E-state index is 12.4. The number of likely N-dealkylation sites (N-methyl/N-ethyl adjacent to an activating group) is 1. The minimum absolute atomic E-state index is 0.0701. The molecule has 3 aromatic rings. The number of carbonyl (C=O) groups excluding carboxylic acids is 1. The molecule has 0 saturated heterocycles. The first kappa shape index (κ1) is 21.0. The molecule has 2 aromatic heterocycles. The molecule has 3 rings (SSSR count). The highest BCUT2D eigenvalue weighted by atomic mass is 32.1. The molecule has 29 heavy (non-hydrogen) atoms. The van der Waals surface area contributed by atoms with Gasteiger partial charge in [-0.2, -0.15) is 4.52 Å². The number of anilines is 1. The molecule has 0 radical (unpaired) electrons. The second-order valence-corrected chi connectivity index (χ2v) is 8.20. The minimum Gasteiger partial charge on any atom is -0.352 e. The summed E-state index contributed by atoms with van der Waals surface area (Å²) in [5.74, 6) is -0.0701. The average Bonchev–Trinajstić information content (AvgIpc) is 3.12. The zero-order valence-corrected chi connectivity index (χ0v) is 17.9. The van der Waals surface area contributed by atoms with E-state index in [0.29, 0.717) is 10.1 Å². The first-order valence-corrected chi connectivity index (χ1v) is 10.7. The van der Waals surface area contributed by atoms with Crippen molar-refractivity contribution in [2.24, 2.45) is 0 Å². The number of nitrogens with zero attached hydrogens (tertiary/aromatic N) is 4. The molecule has 7 nitrogen and oxygen atoms in total. The zero-order chi connectivity index (χ0) is 20.8. The van der Waals surface area contributed by atoms with E-state index in [1.807, 2.05) is 25.1 Å². The summed E-state index contributed by atoms with van der Waals surface area (Å²) in [6.45, 7) is 4.23. The second-order valence-electron chi connectivity index (χ2n) is 7.26. The van der Waals surface area contributed by atoms with E-state index in [1.54, 1.807) is 11.9 Å². The first-order chi connectivity index (χ1) is 14.0. The normalized spacial score (nSPS) is 12.1. The Balaban J connectivity index is 1.57. The molecule has 0 aliphatic carbocycles. The summed E-state index contributed by atoms with van der Waals surface area (Å²) in [7, 11) is 1.80.